The number of rotatable bonds is 10. The van der Waals surface area contributed by atoms with E-state index in [1.54, 1.807) is 6.07 Å². The van der Waals surface area contributed by atoms with E-state index in [0.717, 1.165) is 6.08 Å². The standard InChI is InChI=1S/C29H36O15/c1-13-22(35)24(37)25(38)29(42-13)44-27-23(36)20(12-41-21(34)7-4-14-2-5-16(30)18(32)10-14)43-28(26(27)39)40-9-8-15-3-6-17(31)19(33)11-15/h2-7,10-11,13,20,22-33,35-39H,8-9,12H2,1H3/t13-,20-,22+,23-,24-,25+,26+,27-,28-,29-/m1/s1. The molecule has 2 aromatic rings. The molecule has 2 heterocycles. The van der Waals surface area contributed by atoms with Gasteiger partial charge in [-0.05, 0) is 54.8 Å². The number of carbonyl (C=O) groups excluding carboxylic acids is 1. The summed E-state index contributed by atoms with van der Waals surface area (Å²) in [7, 11) is 0. The van der Waals surface area contributed by atoms with E-state index in [2.05, 4.69) is 0 Å². The second-order valence-electron chi connectivity index (χ2n) is 10.5. The molecule has 0 aromatic heterocycles. The Kier molecular flexibility index (Phi) is 11.0. The van der Waals surface area contributed by atoms with Crippen LogP contribution in [-0.2, 0) is 34.9 Å². The maximum absolute atomic E-state index is 12.4. The minimum Gasteiger partial charge on any atom is -0.504 e. The van der Waals surface area contributed by atoms with Crippen LogP contribution >= 0.6 is 0 Å². The molecular weight excluding hydrogens is 588 g/mol. The van der Waals surface area contributed by atoms with Crippen molar-refractivity contribution in [1.82, 2.24) is 0 Å². The van der Waals surface area contributed by atoms with Crippen molar-refractivity contribution in [3.8, 4) is 23.0 Å². The SMILES string of the molecule is C[C@H]1O[C@H](O[C@H]2[C@H](O)[C@H](OCCc3ccc(O)c(O)c3)O[C@H](COC(=O)C=Cc3ccc(O)c(O)c3)[C@H]2O)[C@@H](O)[C@H](O)[C@H]1O. The van der Waals surface area contributed by atoms with Crippen molar-refractivity contribution in [2.45, 2.75) is 74.8 Å². The molecule has 4 rings (SSSR count). The van der Waals surface area contributed by atoms with Crippen molar-refractivity contribution in [2.24, 2.45) is 0 Å². The highest BCUT2D eigenvalue weighted by Crippen LogP contribution is 2.31. The van der Waals surface area contributed by atoms with Gasteiger partial charge in [-0.2, -0.15) is 0 Å². The van der Waals surface area contributed by atoms with E-state index in [4.69, 9.17) is 23.7 Å². The maximum atomic E-state index is 12.4. The lowest BCUT2D eigenvalue weighted by Crippen LogP contribution is -2.64. The first kappa shape index (κ1) is 33.4. The zero-order chi connectivity index (χ0) is 32.1. The van der Waals surface area contributed by atoms with Crippen molar-refractivity contribution in [2.75, 3.05) is 13.2 Å². The lowest BCUT2D eigenvalue weighted by molar-refractivity contribution is -0.357. The molecule has 44 heavy (non-hydrogen) atoms. The molecular formula is C29H36O15. The maximum Gasteiger partial charge on any atom is 0.330 e. The molecule has 0 spiro atoms. The van der Waals surface area contributed by atoms with Crippen molar-refractivity contribution < 1.29 is 74.4 Å². The van der Waals surface area contributed by atoms with Crippen LogP contribution in [0.5, 0.6) is 23.0 Å². The summed E-state index contributed by atoms with van der Waals surface area (Å²) >= 11 is 0. The fourth-order valence-electron chi connectivity index (χ4n) is 4.66. The fraction of sp³-hybridized carbons (Fsp3) is 0.483. The predicted molar refractivity (Wildman–Crippen MR) is 147 cm³/mol. The Morgan fingerprint density at radius 1 is 0.795 bits per heavy atom. The number of hydrogen-bond donors (Lipinski definition) is 9. The molecule has 0 bridgehead atoms. The Hall–Kier alpha value is -3.51. The van der Waals surface area contributed by atoms with Gasteiger partial charge in [-0.15, -0.1) is 0 Å². The average molecular weight is 625 g/mol. The third kappa shape index (κ3) is 7.95. The smallest absolute Gasteiger partial charge is 0.330 e. The van der Waals surface area contributed by atoms with Gasteiger partial charge in [0.1, 0.15) is 49.3 Å². The summed E-state index contributed by atoms with van der Waals surface area (Å²) in [6.07, 6.45) is -12.5. The lowest BCUT2D eigenvalue weighted by atomic mass is 9.97. The molecule has 2 fully saturated rings. The molecule has 2 aliphatic rings. The molecule has 15 nitrogen and oxygen atoms in total. The zero-order valence-electron chi connectivity index (χ0n) is 23.5. The lowest BCUT2D eigenvalue weighted by Gasteiger charge is -2.45. The average Bonchev–Trinajstić information content (AvgIpc) is 2.99. The van der Waals surface area contributed by atoms with E-state index < -0.39 is 74.0 Å². The van der Waals surface area contributed by atoms with Gasteiger partial charge in [0, 0.05) is 6.08 Å². The van der Waals surface area contributed by atoms with Gasteiger partial charge in [-0.3, -0.25) is 0 Å². The first-order valence-corrected chi connectivity index (χ1v) is 13.7. The molecule has 0 saturated carbocycles. The number of phenolic OH excluding ortho intramolecular Hbond substituents is 4. The second-order valence-corrected chi connectivity index (χ2v) is 10.5. The summed E-state index contributed by atoms with van der Waals surface area (Å²) in [6.45, 7) is 0.804. The van der Waals surface area contributed by atoms with Crippen LogP contribution in [0.1, 0.15) is 18.1 Å². The molecule has 2 aliphatic heterocycles. The van der Waals surface area contributed by atoms with Gasteiger partial charge >= 0.3 is 5.97 Å². The summed E-state index contributed by atoms with van der Waals surface area (Å²) < 4.78 is 27.7. The molecule has 2 saturated heterocycles. The summed E-state index contributed by atoms with van der Waals surface area (Å²) in [5.74, 6) is -2.23. The number of phenols is 4. The Morgan fingerprint density at radius 2 is 1.48 bits per heavy atom. The summed E-state index contributed by atoms with van der Waals surface area (Å²) in [5, 5.41) is 90.8. The van der Waals surface area contributed by atoms with E-state index in [1.807, 2.05) is 0 Å². The number of esters is 1. The number of ether oxygens (including phenoxy) is 5. The van der Waals surface area contributed by atoms with Gasteiger partial charge in [-0.1, -0.05) is 12.1 Å². The topological polar surface area (TPSA) is 245 Å². The van der Waals surface area contributed by atoms with Crippen LogP contribution in [0.4, 0.5) is 0 Å². The van der Waals surface area contributed by atoms with Crippen LogP contribution in [0.2, 0.25) is 0 Å². The van der Waals surface area contributed by atoms with E-state index in [1.165, 1.54) is 43.3 Å². The number of hydrogen-bond acceptors (Lipinski definition) is 15. The van der Waals surface area contributed by atoms with Crippen LogP contribution in [0.3, 0.4) is 0 Å². The van der Waals surface area contributed by atoms with Gasteiger partial charge in [0.05, 0.1) is 12.7 Å². The Bertz CT molecular complexity index is 1300. The molecule has 242 valence electrons. The van der Waals surface area contributed by atoms with Gasteiger partial charge < -0.3 is 69.6 Å². The Labute approximate surface area is 251 Å². The van der Waals surface area contributed by atoms with Crippen LogP contribution < -0.4 is 0 Å². The molecule has 9 N–H and O–H groups in total. The van der Waals surface area contributed by atoms with Crippen molar-refractivity contribution in [3.63, 3.8) is 0 Å². The first-order chi connectivity index (χ1) is 20.8. The molecule has 0 unspecified atom stereocenters. The third-order valence-corrected chi connectivity index (χ3v) is 7.26. The van der Waals surface area contributed by atoms with Gasteiger partial charge in [0.25, 0.3) is 0 Å². The van der Waals surface area contributed by atoms with Gasteiger partial charge in [0.15, 0.2) is 35.6 Å². The van der Waals surface area contributed by atoms with Crippen LogP contribution in [0.15, 0.2) is 42.5 Å². The van der Waals surface area contributed by atoms with Crippen LogP contribution in [-0.4, -0.2) is 127 Å². The highest BCUT2D eigenvalue weighted by molar-refractivity contribution is 5.87. The van der Waals surface area contributed by atoms with Crippen molar-refractivity contribution in [1.29, 1.82) is 0 Å². The van der Waals surface area contributed by atoms with E-state index in [9.17, 15) is 50.8 Å². The number of carbonyl (C=O) groups is 1. The third-order valence-electron chi connectivity index (χ3n) is 7.26. The summed E-state index contributed by atoms with van der Waals surface area (Å²) in [4.78, 5) is 12.4. The quantitative estimate of drug-likeness (QED) is 0.0873. The van der Waals surface area contributed by atoms with Gasteiger partial charge in [0.2, 0.25) is 0 Å². The zero-order valence-corrected chi connectivity index (χ0v) is 23.5. The number of aromatic hydroxyl groups is 4. The van der Waals surface area contributed by atoms with Crippen LogP contribution in [0.25, 0.3) is 6.08 Å². The largest absolute Gasteiger partial charge is 0.504 e. The van der Waals surface area contributed by atoms with Crippen LogP contribution in [0, 0.1) is 0 Å². The van der Waals surface area contributed by atoms with Crippen molar-refractivity contribution >= 4 is 12.0 Å². The number of aliphatic hydroxyl groups excluding tert-OH is 5. The monoisotopic (exact) mass is 624 g/mol. The van der Waals surface area contributed by atoms with E-state index >= 15 is 0 Å². The molecule has 0 aliphatic carbocycles. The molecule has 15 heteroatoms. The first-order valence-electron chi connectivity index (χ1n) is 13.7. The van der Waals surface area contributed by atoms with Crippen molar-refractivity contribution in [3.05, 3.63) is 53.6 Å². The predicted octanol–water partition coefficient (Wildman–Crippen LogP) is -1.02. The summed E-state index contributed by atoms with van der Waals surface area (Å²) in [5.41, 5.74) is 0.962. The Balaban J connectivity index is 1.44. The number of aliphatic hydroxyl groups is 5. The van der Waals surface area contributed by atoms with E-state index in [0.29, 0.717) is 11.1 Å². The highest BCUT2D eigenvalue weighted by atomic mass is 16.7. The minimum absolute atomic E-state index is 0.0754. The minimum atomic E-state index is -1.74. The highest BCUT2D eigenvalue weighted by Gasteiger charge is 2.50. The van der Waals surface area contributed by atoms with Gasteiger partial charge in [-0.25, -0.2) is 4.79 Å². The molecule has 0 amide bonds. The fourth-order valence-corrected chi connectivity index (χ4v) is 4.66. The second kappa shape index (κ2) is 14.5. The molecule has 0 radical (unpaired) electrons. The number of benzene rings is 2. The van der Waals surface area contributed by atoms with E-state index in [-0.39, 0.29) is 36.0 Å². The molecule has 10 atom stereocenters. The molecule has 2 aromatic carbocycles. The normalized spacial score (nSPS) is 32.5. The Morgan fingerprint density at radius 3 is 2.16 bits per heavy atom. The summed E-state index contributed by atoms with van der Waals surface area (Å²) in [6, 6.07) is 8.05.